The molecule has 0 aliphatic carbocycles. The first kappa shape index (κ1) is 20.3. The van der Waals surface area contributed by atoms with Crippen LogP contribution in [0.5, 0.6) is 5.75 Å². The maximum absolute atomic E-state index is 12.0. The van der Waals surface area contributed by atoms with Crippen LogP contribution < -0.4 is 5.32 Å². The van der Waals surface area contributed by atoms with Crippen molar-refractivity contribution < 1.29 is 33.4 Å². The van der Waals surface area contributed by atoms with Gasteiger partial charge in [-0.05, 0) is 24.5 Å². The third kappa shape index (κ3) is 5.73. The van der Waals surface area contributed by atoms with E-state index in [4.69, 9.17) is 9.15 Å². The van der Waals surface area contributed by atoms with E-state index >= 15 is 0 Å². The number of phenolic OH excluding ortho intramolecular Hbond substituents is 1. The van der Waals surface area contributed by atoms with Gasteiger partial charge in [-0.3, -0.25) is 9.59 Å². The second-order valence-electron chi connectivity index (χ2n) is 6.55. The number of nitrogens with one attached hydrogen (secondary N) is 1. The molecular formula is C19H23NO7. The Morgan fingerprint density at radius 3 is 2.67 bits per heavy atom. The summed E-state index contributed by atoms with van der Waals surface area (Å²) in [6, 6.07) is 3.78. The van der Waals surface area contributed by atoms with Crippen molar-refractivity contribution in [2.24, 2.45) is 5.92 Å². The quantitative estimate of drug-likeness (QED) is 0.675. The first-order chi connectivity index (χ1) is 12.8. The first-order valence-electron chi connectivity index (χ1n) is 8.52. The molecule has 0 aliphatic rings. The fraction of sp³-hybridized carbons (Fsp3) is 0.421. The van der Waals surface area contributed by atoms with Gasteiger partial charge in [-0.15, -0.1) is 0 Å². The molecule has 0 spiro atoms. The highest BCUT2D eigenvalue weighted by molar-refractivity contribution is 5.88. The molecule has 0 saturated carbocycles. The van der Waals surface area contributed by atoms with E-state index < -0.39 is 30.5 Å². The van der Waals surface area contributed by atoms with Gasteiger partial charge in [-0.2, -0.15) is 0 Å². The molecule has 0 radical (unpaired) electrons. The number of esters is 2. The predicted octanol–water partition coefficient (Wildman–Crippen LogP) is 1.93. The Labute approximate surface area is 156 Å². The molecule has 0 bridgehead atoms. The van der Waals surface area contributed by atoms with Crippen LogP contribution in [0.15, 0.2) is 28.9 Å². The zero-order valence-electron chi connectivity index (χ0n) is 15.5. The minimum Gasteiger partial charge on any atom is -0.508 e. The molecule has 0 aliphatic heterocycles. The topological polar surface area (TPSA) is 115 Å². The highest BCUT2D eigenvalue weighted by atomic mass is 16.5. The molecule has 0 fully saturated rings. The van der Waals surface area contributed by atoms with E-state index in [1.54, 1.807) is 6.07 Å². The van der Waals surface area contributed by atoms with E-state index in [2.05, 4.69) is 10.1 Å². The lowest BCUT2D eigenvalue weighted by atomic mass is 10.0. The lowest BCUT2D eigenvalue weighted by Crippen LogP contribution is -2.44. The van der Waals surface area contributed by atoms with Crippen molar-refractivity contribution in [2.75, 3.05) is 13.7 Å². The highest BCUT2D eigenvalue weighted by Gasteiger charge is 2.23. The number of aromatic hydroxyl groups is 1. The van der Waals surface area contributed by atoms with Crippen molar-refractivity contribution in [1.82, 2.24) is 5.32 Å². The summed E-state index contributed by atoms with van der Waals surface area (Å²) in [6.45, 7) is 3.33. The summed E-state index contributed by atoms with van der Waals surface area (Å²) < 4.78 is 14.9. The molecule has 2 rings (SSSR count). The van der Waals surface area contributed by atoms with E-state index in [1.807, 2.05) is 13.8 Å². The Morgan fingerprint density at radius 2 is 2.00 bits per heavy atom. The fourth-order valence-corrected chi connectivity index (χ4v) is 2.63. The molecule has 27 heavy (non-hydrogen) atoms. The van der Waals surface area contributed by atoms with Gasteiger partial charge < -0.3 is 24.3 Å². The van der Waals surface area contributed by atoms with Crippen LogP contribution in [-0.2, 0) is 30.3 Å². The molecule has 0 unspecified atom stereocenters. The van der Waals surface area contributed by atoms with Gasteiger partial charge in [-0.1, -0.05) is 13.8 Å². The monoisotopic (exact) mass is 377 g/mol. The number of amides is 1. The van der Waals surface area contributed by atoms with Gasteiger partial charge in [0.2, 0.25) is 0 Å². The van der Waals surface area contributed by atoms with Gasteiger partial charge in [-0.25, -0.2) is 4.79 Å². The van der Waals surface area contributed by atoms with Crippen molar-refractivity contribution in [3.8, 4) is 5.75 Å². The number of ether oxygens (including phenoxy) is 2. The van der Waals surface area contributed by atoms with Gasteiger partial charge in [0.15, 0.2) is 6.61 Å². The minimum absolute atomic E-state index is 0.0594. The number of methoxy groups -OCH3 is 1. The molecule has 1 heterocycles. The zero-order chi connectivity index (χ0) is 20.0. The van der Waals surface area contributed by atoms with Crippen LogP contribution >= 0.6 is 0 Å². The number of furan rings is 1. The summed E-state index contributed by atoms with van der Waals surface area (Å²) in [5.74, 6) is -1.51. The third-order valence-electron chi connectivity index (χ3n) is 3.87. The van der Waals surface area contributed by atoms with Crippen LogP contribution in [-0.4, -0.2) is 42.7 Å². The van der Waals surface area contributed by atoms with Crippen LogP contribution in [0.25, 0.3) is 11.0 Å². The predicted molar refractivity (Wildman–Crippen MR) is 95.9 cm³/mol. The standard InChI is InChI=1S/C19H23NO7/c1-11(2)6-15(19(24)25-3)20-17(22)10-27-18(23)7-12-9-26-16-8-13(21)4-5-14(12)16/h4-5,8-9,11,15,21H,6-7,10H2,1-3H3,(H,20,22)/t15-/m1/s1. The van der Waals surface area contributed by atoms with Crippen molar-refractivity contribution in [1.29, 1.82) is 0 Å². The van der Waals surface area contributed by atoms with Crippen molar-refractivity contribution in [2.45, 2.75) is 32.7 Å². The second-order valence-corrected chi connectivity index (χ2v) is 6.55. The lowest BCUT2D eigenvalue weighted by Gasteiger charge is -2.18. The number of hydrogen-bond acceptors (Lipinski definition) is 7. The van der Waals surface area contributed by atoms with E-state index in [0.29, 0.717) is 23.0 Å². The maximum Gasteiger partial charge on any atom is 0.328 e. The molecule has 1 aromatic heterocycles. The average molecular weight is 377 g/mol. The molecule has 2 aromatic rings. The Bertz CT molecular complexity index is 825. The van der Waals surface area contributed by atoms with Crippen LogP contribution in [0, 0.1) is 5.92 Å². The number of fused-ring (bicyclic) bond motifs is 1. The normalized spacial score (nSPS) is 12.0. The molecule has 0 saturated heterocycles. The fourth-order valence-electron chi connectivity index (χ4n) is 2.63. The minimum atomic E-state index is -0.785. The Kier molecular flexibility index (Phi) is 6.81. The highest BCUT2D eigenvalue weighted by Crippen LogP contribution is 2.25. The van der Waals surface area contributed by atoms with Gasteiger partial charge in [0, 0.05) is 17.0 Å². The summed E-state index contributed by atoms with van der Waals surface area (Å²) in [6.07, 6.45) is 1.74. The molecular weight excluding hydrogens is 354 g/mol. The summed E-state index contributed by atoms with van der Waals surface area (Å²) in [5, 5.41) is 12.6. The largest absolute Gasteiger partial charge is 0.508 e. The number of carbonyl (C=O) groups excluding carboxylic acids is 3. The Hall–Kier alpha value is -3.03. The lowest BCUT2D eigenvalue weighted by molar-refractivity contribution is -0.150. The number of rotatable bonds is 8. The summed E-state index contributed by atoms with van der Waals surface area (Å²) >= 11 is 0. The molecule has 8 nitrogen and oxygen atoms in total. The van der Waals surface area contributed by atoms with Crippen molar-refractivity contribution in [3.63, 3.8) is 0 Å². The molecule has 1 amide bonds. The van der Waals surface area contributed by atoms with Gasteiger partial charge in [0.25, 0.3) is 5.91 Å². The van der Waals surface area contributed by atoms with Crippen LogP contribution in [0.1, 0.15) is 25.8 Å². The first-order valence-corrected chi connectivity index (χ1v) is 8.52. The van der Waals surface area contributed by atoms with Gasteiger partial charge in [0.05, 0.1) is 19.8 Å². The summed E-state index contributed by atoms with van der Waals surface area (Å²) in [4.78, 5) is 35.7. The number of benzene rings is 1. The number of carbonyl (C=O) groups is 3. The Balaban J connectivity index is 1.88. The molecule has 146 valence electrons. The maximum atomic E-state index is 12.0. The van der Waals surface area contributed by atoms with Gasteiger partial charge in [0.1, 0.15) is 17.4 Å². The molecule has 8 heteroatoms. The Morgan fingerprint density at radius 1 is 1.26 bits per heavy atom. The van der Waals surface area contributed by atoms with E-state index in [-0.39, 0.29) is 18.1 Å². The zero-order valence-corrected chi connectivity index (χ0v) is 15.5. The van der Waals surface area contributed by atoms with Crippen LogP contribution in [0.4, 0.5) is 0 Å². The van der Waals surface area contributed by atoms with Crippen molar-refractivity contribution in [3.05, 3.63) is 30.0 Å². The van der Waals surface area contributed by atoms with E-state index in [9.17, 15) is 19.5 Å². The SMILES string of the molecule is COC(=O)[C@@H](CC(C)C)NC(=O)COC(=O)Cc1coc2cc(O)ccc12. The second kappa shape index (κ2) is 9.07. The summed E-state index contributed by atoms with van der Waals surface area (Å²) in [7, 11) is 1.25. The summed E-state index contributed by atoms with van der Waals surface area (Å²) in [5.41, 5.74) is 1.04. The van der Waals surface area contributed by atoms with E-state index in [1.165, 1.54) is 25.5 Å². The molecule has 1 aromatic carbocycles. The van der Waals surface area contributed by atoms with Crippen molar-refractivity contribution >= 4 is 28.8 Å². The third-order valence-corrected chi connectivity index (χ3v) is 3.87. The molecule has 1 atom stereocenters. The van der Waals surface area contributed by atoms with Crippen LogP contribution in [0.3, 0.4) is 0 Å². The van der Waals surface area contributed by atoms with E-state index in [0.717, 1.165) is 0 Å². The number of hydrogen-bond donors (Lipinski definition) is 2. The smallest absolute Gasteiger partial charge is 0.328 e. The average Bonchev–Trinajstić information content (AvgIpc) is 3.00. The molecule has 2 N–H and O–H groups in total. The van der Waals surface area contributed by atoms with Crippen LogP contribution in [0.2, 0.25) is 0 Å². The number of phenols is 1. The van der Waals surface area contributed by atoms with Gasteiger partial charge >= 0.3 is 11.9 Å².